The maximum Gasteiger partial charge on any atom is 0.203 e. The van der Waals surface area contributed by atoms with E-state index in [2.05, 4.69) is 31.9 Å². The number of halogens is 1. The normalized spacial score (nSPS) is 15.1. The second kappa shape index (κ2) is 6.40. The average molecular weight is 340 g/mol. The molecule has 0 atom stereocenters. The average Bonchev–Trinajstić information content (AvgIpc) is 2.99. The van der Waals surface area contributed by atoms with E-state index in [9.17, 15) is 4.39 Å². The first-order valence-corrected chi connectivity index (χ1v) is 8.54. The van der Waals surface area contributed by atoms with Gasteiger partial charge in [-0.1, -0.05) is 25.1 Å². The second-order valence-corrected chi connectivity index (χ2v) is 6.48. The van der Waals surface area contributed by atoms with Gasteiger partial charge in [0.15, 0.2) is 5.82 Å². The summed E-state index contributed by atoms with van der Waals surface area (Å²) in [5, 5.41) is 8.52. The standard InChI is InChI=1S/C18H21FN6/c1-3-16-21-22-18-17(20-8-9-25(16)18)24-11-14(12-24)23(2)10-13-6-4-5-7-15(13)19/h4-9,14H,3,10-12H2,1-2H3. The topological polar surface area (TPSA) is 49.6 Å². The van der Waals surface area contributed by atoms with Gasteiger partial charge in [0.25, 0.3) is 0 Å². The third-order valence-electron chi connectivity index (χ3n) is 4.86. The van der Waals surface area contributed by atoms with E-state index in [1.807, 2.05) is 29.8 Å². The molecule has 0 unspecified atom stereocenters. The molecule has 7 heteroatoms. The molecule has 0 spiro atoms. The molecule has 6 nitrogen and oxygen atoms in total. The summed E-state index contributed by atoms with van der Waals surface area (Å²) in [5.74, 6) is 1.66. The Morgan fingerprint density at radius 3 is 2.80 bits per heavy atom. The van der Waals surface area contributed by atoms with Crippen LogP contribution in [0.25, 0.3) is 5.65 Å². The van der Waals surface area contributed by atoms with E-state index in [1.54, 1.807) is 12.3 Å². The predicted molar refractivity (Wildman–Crippen MR) is 94.0 cm³/mol. The van der Waals surface area contributed by atoms with Crippen LogP contribution in [-0.2, 0) is 13.0 Å². The Hall–Kier alpha value is -2.54. The van der Waals surface area contributed by atoms with Crippen LogP contribution in [0.3, 0.4) is 0 Å². The van der Waals surface area contributed by atoms with Crippen molar-refractivity contribution in [2.24, 2.45) is 0 Å². The van der Waals surface area contributed by atoms with Crippen LogP contribution in [-0.4, -0.2) is 50.7 Å². The molecular formula is C18H21FN6. The lowest BCUT2D eigenvalue weighted by Gasteiger charge is -2.44. The highest BCUT2D eigenvalue weighted by atomic mass is 19.1. The van der Waals surface area contributed by atoms with Crippen molar-refractivity contribution in [1.29, 1.82) is 0 Å². The third kappa shape index (κ3) is 2.84. The summed E-state index contributed by atoms with van der Waals surface area (Å²) in [5.41, 5.74) is 1.53. The van der Waals surface area contributed by atoms with Crippen LogP contribution >= 0.6 is 0 Å². The molecule has 1 aliphatic heterocycles. The molecule has 3 aromatic rings. The van der Waals surface area contributed by atoms with Gasteiger partial charge in [0.2, 0.25) is 5.65 Å². The molecular weight excluding hydrogens is 319 g/mol. The van der Waals surface area contributed by atoms with Crippen molar-refractivity contribution in [2.45, 2.75) is 25.9 Å². The van der Waals surface area contributed by atoms with E-state index < -0.39 is 0 Å². The van der Waals surface area contributed by atoms with Gasteiger partial charge in [-0.25, -0.2) is 9.37 Å². The Morgan fingerprint density at radius 2 is 2.04 bits per heavy atom. The van der Waals surface area contributed by atoms with Crippen LogP contribution in [0.1, 0.15) is 18.3 Å². The first-order valence-electron chi connectivity index (χ1n) is 8.54. The van der Waals surface area contributed by atoms with Crippen molar-refractivity contribution < 1.29 is 4.39 Å². The molecule has 0 bridgehead atoms. The van der Waals surface area contributed by atoms with Gasteiger partial charge in [0.05, 0.1) is 0 Å². The maximum atomic E-state index is 13.8. The quantitative estimate of drug-likeness (QED) is 0.712. The molecule has 1 aliphatic rings. The van der Waals surface area contributed by atoms with E-state index in [4.69, 9.17) is 0 Å². The summed E-state index contributed by atoms with van der Waals surface area (Å²) < 4.78 is 15.8. The van der Waals surface area contributed by atoms with Crippen LogP contribution in [0, 0.1) is 5.82 Å². The molecule has 2 aromatic heterocycles. The van der Waals surface area contributed by atoms with Gasteiger partial charge in [0, 0.05) is 50.1 Å². The van der Waals surface area contributed by atoms with Crippen LogP contribution in [0.15, 0.2) is 36.7 Å². The lowest BCUT2D eigenvalue weighted by Crippen LogP contribution is -2.58. The molecule has 0 saturated carbocycles. The van der Waals surface area contributed by atoms with Crippen LogP contribution < -0.4 is 4.90 Å². The van der Waals surface area contributed by atoms with Crippen molar-refractivity contribution in [1.82, 2.24) is 24.5 Å². The summed E-state index contributed by atoms with van der Waals surface area (Å²) in [6, 6.07) is 7.32. The number of fused-ring (bicyclic) bond motifs is 1. The smallest absolute Gasteiger partial charge is 0.203 e. The molecule has 1 fully saturated rings. The fourth-order valence-corrected chi connectivity index (χ4v) is 3.26. The lowest BCUT2D eigenvalue weighted by atomic mass is 10.1. The fourth-order valence-electron chi connectivity index (χ4n) is 3.26. The van der Waals surface area contributed by atoms with Crippen molar-refractivity contribution in [2.75, 3.05) is 25.0 Å². The number of aromatic nitrogens is 4. The van der Waals surface area contributed by atoms with Crippen LogP contribution in [0.5, 0.6) is 0 Å². The van der Waals surface area contributed by atoms with E-state index in [0.29, 0.717) is 12.6 Å². The van der Waals surface area contributed by atoms with Crippen molar-refractivity contribution >= 4 is 11.5 Å². The van der Waals surface area contributed by atoms with Gasteiger partial charge in [-0.2, -0.15) is 0 Å². The zero-order chi connectivity index (χ0) is 17.4. The number of benzene rings is 1. The van der Waals surface area contributed by atoms with Gasteiger partial charge in [-0.05, 0) is 13.1 Å². The summed E-state index contributed by atoms with van der Waals surface area (Å²) in [4.78, 5) is 8.88. The zero-order valence-corrected chi connectivity index (χ0v) is 14.4. The van der Waals surface area contributed by atoms with Gasteiger partial charge in [0.1, 0.15) is 11.6 Å². The maximum absolute atomic E-state index is 13.8. The second-order valence-electron chi connectivity index (χ2n) is 6.48. The molecule has 0 N–H and O–H groups in total. The SMILES string of the molecule is CCc1nnc2c(N3CC(N(C)Cc4ccccc4F)C3)nccn12. The number of hydrogen-bond acceptors (Lipinski definition) is 5. The van der Waals surface area contributed by atoms with Crippen molar-refractivity contribution in [3.05, 3.63) is 53.9 Å². The molecule has 1 saturated heterocycles. The zero-order valence-electron chi connectivity index (χ0n) is 14.4. The van der Waals surface area contributed by atoms with Crippen LogP contribution in [0.4, 0.5) is 10.2 Å². The first-order chi connectivity index (χ1) is 12.2. The molecule has 0 radical (unpaired) electrons. The number of rotatable bonds is 5. The van der Waals surface area contributed by atoms with Gasteiger partial charge < -0.3 is 4.90 Å². The third-order valence-corrected chi connectivity index (χ3v) is 4.86. The van der Waals surface area contributed by atoms with E-state index >= 15 is 0 Å². The monoisotopic (exact) mass is 340 g/mol. The number of nitrogens with zero attached hydrogens (tertiary/aromatic N) is 6. The summed E-state index contributed by atoms with van der Waals surface area (Å²) in [7, 11) is 2.04. The van der Waals surface area contributed by atoms with Crippen LogP contribution in [0.2, 0.25) is 0 Å². The van der Waals surface area contributed by atoms with Gasteiger partial charge in [-0.15, -0.1) is 10.2 Å². The first kappa shape index (κ1) is 16.0. The predicted octanol–water partition coefficient (Wildman–Crippen LogP) is 2.15. The number of anilines is 1. The highest BCUT2D eigenvalue weighted by Crippen LogP contribution is 2.25. The molecule has 130 valence electrons. The minimum atomic E-state index is -0.146. The number of aryl methyl sites for hydroxylation is 1. The number of likely N-dealkylation sites (N-methyl/N-ethyl adjacent to an activating group) is 1. The minimum Gasteiger partial charge on any atom is -0.350 e. The molecule has 4 rings (SSSR count). The highest BCUT2D eigenvalue weighted by Gasteiger charge is 2.32. The Bertz CT molecular complexity index is 886. The highest BCUT2D eigenvalue weighted by molar-refractivity contribution is 5.65. The molecule has 25 heavy (non-hydrogen) atoms. The Labute approximate surface area is 145 Å². The molecule has 0 amide bonds. The van der Waals surface area contributed by atoms with Crippen molar-refractivity contribution in [3.8, 4) is 0 Å². The molecule has 3 heterocycles. The Balaban J connectivity index is 1.45. The molecule has 0 aliphatic carbocycles. The summed E-state index contributed by atoms with van der Waals surface area (Å²) >= 11 is 0. The lowest BCUT2D eigenvalue weighted by molar-refractivity contribution is 0.195. The fraction of sp³-hybridized carbons (Fsp3) is 0.389. The number of hydrogen-bond donors (Lipinski definition) is 0. The minimum absolute atomic E-state index is 0.146. The van der Waals surface area contributed by atoms with Crippen molar-refractivity contribution in [3.63, 3.8) is 0 Å². The van der Waals surface area contributed by atoms with E-state index in [-0.39, 0.29) is 5.82 Å². The Morgan fingerprint density at radius 1 is 1.24 bits per heavy atom. The summed E-state index contributed by atoms with van der Waals surface area (Å²) in [6.07, 6.45) is 4.53. The molecule has 1 aromatic carbocycles. The van der Waals surface area contributed by atoms with E-state index in [0.717, 1.165) is 42.4 Å². The Kier molecular flexibility index (Phi) is 4.09. The van der Waals surface area contributed by atoms with Gasteiger partial charge in [-0.3, -0.25) is 9.30 Å². The largest absolute Gasteiger partial charge is 0.350 e. The van der Waals surface area contributed by atoms with Gasteiger partial charge >= 0.3 is 0 Å². The van der Waals surface area contributed by atoms with E-state index in [1.165, 1.54) is 6.07 Å². The summed E-state index contributed by atoms with van der Waals surface area (Å²) in [6.45, 7) is 4.37.